The van der Waals surface area contributed by atoms with Crippen LogP contribution >= 0.6 is 0 Å². The van der Waals surface area contributed by atoms with Gasteiger partial charge in [0.25, 0.3) is 0 Å². The van der Waals surface area contributed by atoms with E-state index in [9.17, 15) is 9.90 Å². The normalized spacial score (nSPS) is 11.4. The first-order valence-corrected chi connectivity index (χ1v) is 9.93. The van der Waals surface area contributed by atoms with Crippen LogP contribution in [0.4, 0.5) is 0 Å². The first-order chi connectivity index (χ1) is 14.6. The van der Waals surface area contributed by atoms with E-state index >= 15 is 0 Å². The van der Waals surface area contributed by atoms with Crippen molar-refractivity contribution < 1.29 is 19.1 Å². The molecule has 0 fully saturated rings. The van der Waals surface area contributed by atoms with Crippen molar-refractivity contribution in [2.24, 2.45) is 0 Å². The Morgan fingerprint density at radius 1 is 0.967 bits per heavy atom. The summed E-state index contributed by atoms with van der Waals surface area (Å²) in [5.74, 6) is 0.145. The maximum Gasteiger partial charge on any atom is 0.342 e. The Kier molecular flexibility index (Phi) is 4.21. The number of phenols is 1. The summed E-state index contributed by atoms with van der Waals surface area (Å²) in [6.45, 7) is 3.79. The molecule has 1 aromatic heterocycles. The quantitative estimate of drug-likeness (QED) is 0.276. The Hall–Kier alpha value is -3.79. The molecule has 0 unspecified atom stereocenters. The number of esters is 1. The van der Waals surface area contributed by atoms with Crippen LogP contribution in [0.1, 0.15) is 23.0 Å². The van der Waals surface area contributed by atoms with Gasteiger partial charge in [0, 0.05) is 21.7 Å². The molecule has 4 aromatic carbocycles. The van der Waals surface area contributed by atoms with Crippen LogP contribution in [0.25, 0.3) is 43.6 Å². The van der Waals surface area contributed by atoms with E-state index in [1.54, 1.807) is 13.8 Å². The number of carbonyl (C=O) groups excluding carboxylic acids is 1. The Morgan fingerprint density at radius 3 is 2.27 bits per heavy atom. The van der Waals surface area contributed by atoms with Crippen LogP contribution in [0.2, 0.25) is 0 Å². The Labute approximate surface area is 173 Å². The monoisotopic (exact) mass is 396 g/mol. The lowest BCUT2D eigenvalue weighted by Gasteiger charge is -2.13. The number of carbonyl (C=O) groups is 1. The SMILES string of the molecule is CCOC(=O)c1c(C)oc2c1c(-c1ccccc1)c(O)c1cc3ccccc3cc12. The first kappa shape index (κ1) is 18.3. The molecule has 0 saturated carbocycles. The highest BCUT2D eigenvalue weighted by atomic mass is 16.5. The van der Waals surface area contributed by atoms with Crippen molar-refractivity contribution in [1.82, 2.24) is 0 Å². The van der Waals surface area contributed by atoms with Crippen LogP contribution in [0.15, 0.2) is 71.1 Å². The van der Waals surface area contributed by atoms with Crippen LogP contribution in [-0.2, 0) is 4.74 Å². The molecule has 5 rings (SSSR count). The van der Waals surface area contributed by atoms with E-state index in [0.29, 0.717) is 33.2 Å². The Bertz CT molecular complexity index is 1430. The van der Waals surface area contributed by atoms with Crippen LogP contribution in [0.5, 0.6) is 5.75 Å². The van der Waals surface area contributed by atoms with E-state index in [1.807, 2.05) is 66.7 Å². The van der Waals surface area contributed by atoms with Gasteiger partial charge < -0.3 is 14.3 Å². The summed E-state index contributed by atoms with van der Waals surface area (Å²) in [6, 6.07) is 21.5. The fourth-order valence-corrected chi connectivity index (χ4v) is 4.18. The van der Waals surface area contributed by atoms with Crippen LogP contribution < -0.4 is 0 Å². The number of aryl methyl sites for hydroxylation is 1. The number of ether oxygens (including phenoxy) is 1. The molecule has 0 saturated heterocycles. The molecule has 0 aliphatic rings. The summed E-state index contributed by atoms with van der Waals surface area (Å²) in [7, 11) is 0. The third-order valence-corrected chi connectivity index (χ3v) is 5.50. The second kappa shape index (κ2) is 6.92. The molecule has 0 aliphatic carbocycles. The molecule has 1 N–H and O–H groups in total. The molecule has 4 nitrogen and oxygen atoms in total. The van der Waals surface area contributed by atoms with Crippen molar-refractivity contribution in [3.8, 4) is 16.9 Å². The van der Waals surface area contributed by atoms with Gasteiger partial charge in [0.1, 0.15) is 22.7 Å². The average molecular weight is 396 g/mol. The fourth-order valence-electron chi connectivity index (χ4n) is 4.18. The van der Waals surface area contributed by atoms with Gasteiger partial charge in [-0.15, -0.1) is 0 Å². The molecule has 0 aliphatic heterocycles. The molecule has 0 bridgehead atoms. The predicted octanol–water partition coefficient (Wildman–Crippen LogP) is 6.60. The summed E-state index contributed by atoms with van der Waals surface area (Å²) in [5.41, 5.74) is 2.32. The topological polar surface area (TPSA) is 59.7 Å². The van der Waals surface area contributed by atoms with Gasteiger partial charge in [0.15, 0.2) is 0 Å². The zero-order chi connectivity index (χ0) is 20.8. The molecule has 5 aromatic rings. The number of benzene rings is 4. The zero-order valence-electron chi connectivity index (χ0n) is 16.7. The second-order valence-electron chi connectivity index (χ2n) is 7.29. The standard InChI is InChI=1S/C26H20O4/c1-3-29-26(28)21-15(2)30-25-20-14-18-12-8-7-11-17(18)13-19(20)24(27)22(23(21)25)16-9-5-4-6-10-16/h4-14,27H,3H2,1-2H3. The number of phenolic OH excluding ortho intramolecular Hbond substituents is 1. The molecule has 1 heterocycles. The largest absolute Gasteiger partial charge is 0.507 e. The summed E-state index contributed by atoms with van der Waals surface area (Å²) in [6.07, 6.45) is 0. The third-order valence-electron chi connectivity index (χ3n) is 5.50. The lowest BCUT2D eigenvalue weighted by atomic mass is 9.92. The van der Waals surface area contributed by atoms with E-state index < -0.39 is 5.97 Å². The Morgan fingerprint density at radius 2 is 1.60 bits per heavy atom. The van der Waals surface area contributed by atoms with Gasteiger partial charge >= 0.3 is 5.97 Å². The third kappa shape index (κ3) is 2.65. The van der Waals surface area contributed by atoms with Gasteiger partial charge in [-0.3, -0.25) is 0 Å². The van der Waals surface area contributed by atoms with Gasteiger partial charge in [-0.25, -0.2) is 4.79 Å². The van der Waals surface area contributed by atoms with Gasteiger partial charge in [-0.1, -0.05) is 54.6 Å². The van der Waals surface area contributed by atoms with E-state index in [4.69, 9.17) is 9.15 Å². The maximum absolute atomic E-state index is 12.8. The zero-order valence-corrected chi connectivity index (χ0v) is 16.7. The highest BCUT2D eigenvalue weighted by Gasteiger charge is 2.27. The van der Waals surface area contributed by atoms with Gasteiger partial charge in [0.05, 0.1) is 6.61 Å². The number of furan rings is 1. The lowest BCUT2D eigenvalue weighted by Crippen LogP contribution is -2.05. The van der Waals surface area contributed by atoms with E-state index in [1.165, 1.54) is 0 Å². The highest BCUT2D eigenvalue weighted by molar-refractivity contribution is 6.23. The summed E-state index contributed by atoms with van der Waals surface area (Å²) < 4.78 is 11.4. The van der Waals surface area contributed by atoms with Crippen molar-refractivity contribution in [1.29, 1.82) is 0 Å². The first-order valence-electron chi connectivity index (χ1n) is 9.93. The molecule has 0 spiro atoms. The second-order valence-corrected chi connectivity index (χ2v) is 7.29. The molecular weight excluding hydrogens is 376 g/mol. The molecule has 148 valence electrons. The van der Waals surface area contributed by atoms with Gasteiger partial charge in [-0.05, 0) is 42.3 Å². The van der Waals surface area contributed by atoms with E-state index in [2.05, 4.69) is 0 Å². The molecule has 4 heteroatoms. The van der Waals surface area contributed by atoms with Crippen molar-refractivity contribution in [2.75, 3.05) is 6.61 Å². The predicted molar refractivity (Wildman–Crippen MR) is 119 cm³/mol. The number of hydrogen-bond donors (Lipinski definition) is 1. The van der Waals surface area contributed by atoms with Crippen molar-refractivity contribution >= 4 is 38.5 Å². The van der Waals surface area contributed by atoms with Crippen molar-refractivity contribution in [3.63, 3.8) is 0 Å². The van der Waals surface area contributed by atoms with Crippen molar-refractivity contribution in [2.45, 2.75) is 13.8 Å². The highest BCUT2D eigenvalue weighted by Crippen LogP contribution is 2.47. The van der Waals surface area contributed by atoms with E-state index in [0.717, 1.165) is 21.7 Å². The lowest BCUT2D eigenvalue weighted by molar-refractivity contribution is 0.0526. The number of hydrogen-bond acceptors (Lipinski definition) is 4. The van der Waals surface area contributed by atoms with Crippen LogP contribution in [0.3, 0.4) is 0 Å². The van der Waals surface area contributed by atoms with Gasteiger partial charge in [0.2, 0.25) is 0 Å². The van der Waals surface area contributed by atoms with Gasteiger partial charge in [-0.2, -0.15) is 0 Å². The average Bonchev–Trinajstić information content (AvgIpc) is 3.10. The van der Waals surface area contributed by atoms with Crippen LogP contribution in [0, 0.1) is 6.92 Å². The molecular formula is C26H20O4. The molecule has 0 radical (unpaired) electrons. The summed E-state index contributed by atoms with van der Waals surface area (Å²) in [5, 5.41) is 15.5. The van der Waals surface area contributed by atoms with Crippen LogP contribution in [-0.4, -0.2) is 17.7 Å². The van der Waals surface area contributed by atoms with E-state index in [-0.39, 0.29) is 12.4 Å². The summed E-state index contributed by atoms with van der Waals surface area (Å²) in [4.78, 5) is 12.8. The minimum Gasteiger partial charge on any atom is -0.507 e. The minimum absolute atomic E-state index is 0.126. The summed E-state index contributed by atoms with van der Waals surface area (Å²) >= 11 is 0. The Balaban J connectivity index is 2.01. The minimum atomic E-state index is -0.453. The fraction of sp³-hybridized carbons (Fsp3) is 0.115. The molecule has 30 heavy (non-hydrogen) atoms. The molecule has 0 atom stereocenters. The molecule has 0 amide bonds. The number of fused-ring (bicyclic) bond motifs is 4. The smallest absolute Gasteiger partial charge is 0.342 e. The number of aromatic hydroxyl groups is 1. The van der Waals surface area contributed by atoms with Crippen molar-refractivity contribution in [3.05, 3.63) is 78.1 Å². The maximum atomic E-state index is 12.8. The number of rotatable bonds is 3.